The summed E-state index contributed by atoms with van der Waals surface area (Å²) in [4.78, 5) is 28.7. The summed E-state index contributed by atoms with van der Waals surface area (Å²) in [5.74, 6) is 0.267. The molecular weight excluding hydrogens is 375 g/mol. The highest BCUT2D eigenvalue weighted by Gasteiger charge is 2.52. The molecule has 3 heterocycles. The van der Waals surface area contributed by atoms with Crippen LogP contribution in [0.15, 0.2) is 18.3 Å². The topological polar surface area (TPSA) is 71.5 Å². The van der Waals surface area contributed by atoms with E-state index in [9.17, 15) is 22.8 Å². The zero-order chi connectivity index (χ0) is 19.9. The fraction of sp³-hybridized carbons (Fsp3) is 0.632. The van der Waals surface area contributed by atoms with Crippen LogP contribution in [0.3, 0.4) is 0 Å². The van der Waals surface area contributed by atoms with Gasteiger partial charge in [-0.3, -0.25) is 4.79 Å². The van der Waals surface area contributed by atoms with Gasteiger partial charge in [0.05, 0.1) is 0 Å². The number of piperidine rings is 1. The maximum atomic E-state index is 13.1. The Morgan fingerprint density at radius 3 is 2.71 bits per heavy atom. The van der Waals surface area contributed by atoms with Crippen molar-refractivity contribution >= 4 is 17.8 Å². The minimum atomic E-state index is -4.59. The average molecular weight is 397 g/mol. The normalized spacial score (nSPS) is 30.6. The first-order valence-corrected chi connectivity index (χ1v) is 9.61. The number of halogens is 3. The summed E-state index contributed by atoms with van der Waals surface area (Å²) in [6, 6.07) is 1.25. The maximum absolute atomic E-state index is 13.1. The Morgan fingerprint density at radius 1 is 1.21 bits per heavy atom. The van der Waals surface area contributed by atoms with Gasteiger partial charge < -0.3 is 10.1 Å². The van der Waals surface area contributed by atoms with E-state index in [-0.39, 0.29) is 23.7 Å². The number of carbonyl (C=O) groups excluding carboxylic acids is 2. The zero-order valence-corrected chi connectivity index (χ0v) is 15.2. The highest BCUT2D eigenvalue weighted by atomic mass is 19.4. The molecule has 0 bridgehead atoms. The Bertz CT molecular complexity index is 753. The summed E-state index contributed by atoms with van der Waals surface area (Å²) in [5, 5.41) is 3.12. The van der Waals surface area contributed by atoms with Crippen LogP contribution in [0, 0.1) is 11.8 Å². The number of hydrogen-bond donors (Lipinski definition) is 1. The van der Waals surface area contributed by atoms with E-state index in [0.717, 1.165) is 31.2 Å². The molecule has 3 aliphatic rings. The van der Waals surface area contributed by atoms with Gasteiger partial charge in [0.2, 0.25) is 5.91 Å². The number of cyclic esters (lactones) is 1. The molecule has 0 aromatic carbocycles. The van der Waals surface area contributed by atoms with Gasteiger partial charge in [0.1, 0.15) is 12.4 Å². The molecule has 3 unspecified atom stereocenters. The number of amides is 2. The highest BCUT2D eigenvalue weighted by Crippen LogP contribution is 2.35. The van der Waals surface area contributed by atoms with Gasteiger partial charge in [0, 0.05) is 18.2 Å². The molecule has 1 aromatic heterocycles. The smallest absolute Gasteiger partial charge is 0.416 e. The Balaban J connectivity index is 1.45. The second kappa shape index (κ2) is 7.25. The molecule has 4 rings (SSSR count). The summed E-state index contributed by atoms with van der Waals surface area (Å²) in [7, 11) is 0. The number of hydrogen-bond acceptors (Lipinski definition) is 4. The number of carbonyl (C=O) groups is 2. The molecule has 0 radical (unpaired) electrons. The van der Waals surface area contributed by atoms with Crippen LogP contribution in [0.4, 0.5) is 23.8 Å². The Hall–Kier alpha value is -2.32. The zero-order valence-electron chi connectivity index (χ0n) is 15.2. The molecule has 1 aromatic rings. The van der Waals surface area contributed by atoms with Crippen molar-refractivity contribution in [1.29, 1.82) is 0 Å². The van der Waals surface area contributed by atoms with Crippen LogP contribution in [0.5, 0.6) is 0 Å². The van der Waals surface area contributed by atoms with Crippen LogP contribution in [0.2, 0.25) is 0 Å². The fourth-order valence-electron chi connectivity index (χ4n) is 4.51. The molecule has 4 atom stereocenters. The van der Waals surface area contributed by atoms with Gasteiger partial charge in [-0.2, -0.15) is 13.2 Å². The van der Waals surface area contributed by atoms with Crippen molar-refractivity contribution in [1.82, 2.24) is 10.3 Å². The number of fused-ring (bicyclic) bond motifs is 1. The van der Waals surface area contributed by atoms with Crippen LogP contribution in [0.25, 0.3) is 0 Å². The van der Waals surface area contributed by atoms with Crippen molar-refractivity contribution in [3.05, 3.63) is 23.9 Å². The van der Waals surface area contributed by atoms with E-state index in [1.165, 1.54) is 18.7 Å². The molecule has 2 amide bonds. The lowest BCUT2D eigenvalue weighted by Crippen LogP contribution is -2.51. The number of alkyl halides is 3. The molecule has 2 saturated heterocycles. The first-order chi connectivity index (χ1) is 13.3. The van der Waals surface area contributed by atoms with Crippen molar-refractivity contribution in [3.63, 3.8) is 0 Å². The summed E-state index contributed by atoms with van der Waals surface area (Å²) >= 11 is 0. The predicted octanol–water partition coefficient (Wildman–Crippen LogP) is 3.21. The molecule has 28 heavy (non-hydrogen) atoms. The van der Waals surface area contributed by atoms with E-state index in [1.807, 2.05) is 0 Å². The molecule has 6 nitrogen and oxygen atoms in total. The lowest BCUT2D eigenvalue weighted by molar-refractivity contribution is -0.147. The van der Waals surface area contributed by atoms with Crippen LogP contribution >= 0.6 is 0 Å². The van der Waals surface area contributed by atoms with Crippen molar-refractivity contribution in [2.75, 3.05) is 11.5 Å². The molecule has 1 aliphatic carbocycles. The van der Waals surface area contributed by atoms with Gasteiger partial charge in [0.15, 0.2) is 6.04 Å². The van der Waals surface area contributed by atoms with Gasteiger partial charge in [-0.1, -0.05) is 18.9 Å². The second-order valence-corrected chi connectivity index (χ2v) is 7.83. The summed E-state index contributed by atoms with van der Waals surface area (Å²) in [6.07, 6.45) is 1.58. The SMILES string of the molecule is O=C1NC2CCCCC2CC1Cc1ccc(N2C(=O)OC[C@H]2C(F)(F)F)nc1. The van der Waals surface area contributed by atoms with E-state index in [4.69, 9.17) is 0 Å². The van der Waals surface area contributed by atoms with Crippen LogP contribution < -0.4 is 10.2 Å². The van der Waals surface area contributed by atoms with E-state index in [1.54, 1.807) is 6.07 Å². The lowest BCUT2D eigenvalue weighted by atomic mass is 9.74. The summed E-state index contributed by atoms with van der Waals surface area (Å²) in [5.41, 5.74) is 0.759. The molecule has 3 fully saturated rings. The molecule has 1 N–H and O–H groups in total. The number of nitrogens with one attached hydrogen (secondary N) is 1. The van der Waals surface area contributed by atoms with Gasteiger partial charge in [0.25, 0.3) is 0 Å². The molecule has 1 saturated carbocycles. The van der Waals surface area contributed by atoms with Crippen LogP contribution in [-0.2, 0) is 16.0 Å². The monoisotopic (exact) mass is 397 g/mol. The molecule has 0 spiro atoms. The minimum Gasteiger partial charge on any atom is -0.447 e. The standard InChI is InChI=1S/C19H22F3N3O3/c20-19(21,22)15-10-28-18(27)25(15)16-6-5-11(9-23-16)7-13-8-12-3-1-2-4-14(12)24-17(13)26/h5-6,9,12-15H,1-4,7-8,10H2,(H,24,26)/t12?,13?,14?,15-/m0/s1. The van der Waals surface area contributed by atoms with Crippen molar-refractivity contribution in [2.24, 2.45) is 11.8 Å². The van der Waals surface area contributed by atoms with Crippen molar-refractivity contribution in [3.8, 4) is 0 Å². The third-order valence-corrected chi connectivity index (χ3v) is 5.98. The first-order valence-electron chi connectivity index (χ1n) is 9.61. The lowest BCUT2D eigenvalue weighted by Gasteiger charge is -2.39. The number of pyridine rings is 1. The van der Waals surface area contributed by atoms with Gasteiger partial charge in [-0.15, -0.1) is 0 Å². The number of anilines is 1. The fourth-order valence-corrected chi connectivity index (χ4v) is 4.51. The Morgan fingerprint density at radius 2 is 2.00 bits per heavy atom. The largest absolute Gasteiger partial charge is 0.447 e. The van der Waals surface area contributed by atoms with Crippen LogP contribution in [-0.4, -0.2) is 41.9 Å². The molecule has 9 heteroatoms. The van der Waals surface area contributed by atoms with Gasteiger partial charge >= 0.3 is 12.3 Å². The van der Waals surface area contributed by atoms with Crippen molar-refractivity contribution in [2.45, 2.75) is 56.8 Å². The summed E-state index contributed by atoms with van der Waals surface area (Å²) in [6.45, 7) is -0.740. The Kier molecular flexibility index (Phi) is 4.93. The number of rotatable bonds is 3. The van der Waals surface area contributed by atoms with Gasteiger partial charge in [-0.25, -0.2) is 14.7 Å². The third-order valence-electron chi connectivity index (χ3n) is 5.98. The number of nitrogens with zero attached hydrogens (tertiary/aromatic N) is 2. The Labute approximate surface area is 160 Å². The maximum Gasteiger partial charge on any atom is 0.416 e. The number of ether oxygens (including phenoxy) is 1. The molecule has 152 valence electrons. The van der Waals surface area contributed by atoms with E-state index < -0.39 is 24.9 Å². The predicted molar refractivity (Wildman–Crippen MR) is 93.6 cm³/mol. The van der Waals surface area contributed by atoms with E-state index in [0.29, 0.717) is 17.2 Å². The minimum absolute atomic E-state index is 0.0347. The average Bonchev–Trinajstić information content (AvgIpc) is 3.05. The molecular formula is C19H22F3N3O3. The number of aromatic nitrogens is 1. The van der Waals surface area contributed by atoms with Gasteiger partial charge in [-0.05, 0) is 43.2 Å². The summed E-state index contributed by atoms with van der Waals surface area (Å²) < 4.78 is 43.8. The van der Waals surface area contributed by atoms with E-state index >= 15 is 0 Å². The molecule has 2 aliphatic heterocycles. The highest BCUT2D eigenvalue weighted by molar-refractivity contribution is 5.89. The van der Waals surface area contributed by atoms with Crippen molar-refractivity contribution < 1.29 is 27.5 Å². The quantitative estimate of drug-likeness (QED) is 0.850. The van der Waals surface area contributed by atoms with Crippen LogP contribution in [0.1, 0.15) is 37.7 Å². The second-order valence-electron chi connectivity index (χ2n) is 7.83. The third kappa shape index (κ3) is 3.66. The van der Waals surface area contributed by atoms with E-state index in [2.05, 4.69) is 15.0 Å². The first kappa shape index (κ1) is 19.0.